The van der Waals surface area contributed by atoms with E-state index in [2.05, 4.69) is 17.1 Å². The molecule has 1 heterocycles. The van der Waals surface area contributed by atoms with Gasteiger partial charge >= 0.3 is 5.97 Å². The fourth-order valence-corrected chi connectivity index (χ4v) is 3.21. The van der Waals surface area contributed by atoms with Crippen LogP contribution in [0.1, 0.15) is 45.8 Å². The first-order chi connectivity index (χ1) is 12.2. The Bertz CT molecular complexity index is 914. The summed E-state index contributed by atoms with van der Waals surface area (Å²) in [6, 6.07) is 18.1. The molecule has 0 unspecified atom stereocenters. The third-order valence-electron chi connectivity index (χ3n) is 4.71. The Balaban J connectivity index is 1.65. The molecule has 1 saturated carbocycles. The van der Waals surface area contributed by atoms with Crippen molar-refractivity contribution in [1.82, 2.24) is 4.98 Å². The lowest BCUT2D eigenvalue weighted by molar-refractivity contribution is 0.0695. The van der Waals surface area contributed by atoms with E-state index in [0.29, 0.717) is 17.9 Å². The summed E-state index contributed by atoms with van der Waals surface area (Å²) < 4.78 is 0. The second-order valence-corrected chi connectivity index (χ2v) is 6.62. The third kappa shape index (κ3) is 3.45. The molecular weight excluding hydrogens is 310 g/mol. The standard InChI is InChI=1S/C22H19NO2/c24-22(25)21-12-18(17-6-7-17)8-9-19(21)10-15-11-20(14-23-13-15)16-4-2-1-3-5-16/h1-5,8-9,11-14,17H,6-7,10H2,(H,24,25). The molecule has 1 aliphatic rings. The Kier molecular flexibility index (Phi) is 4.06. The summed E-state index contributed by atoms with van der Waals surface area (Å²) in [5.41, 5.74) is 5.57. The summed E-state index contributed by atoms with van der Waals surface area (Å²) in [6.07, 6.45) is 6.56. The highest BCUT2D eigenvalue weighted by Crippen LogP contribution is 2.40. The van der Waals surface area contributed by atoms with E-state index in [1.165, 1.54) is 12.8 Å². The molecule has 3 aromatic rings. The van der Waals surface area contributed by atoms with Gasteiger partial charge in [-0.3, -0.25) is 4.98 Å². The van der Waals surface area contributed by atoms with Crippen LogP contribution >= 0.6 is 0 Å². The van der Waals surface area contributed by atoms with E-state index in [4.69, 9.17) is 0 Å². The van der Waals surface area contributed by atoms with Crippen molar-refractivity contribution in [2.45, 2.75) is 25.2 Å². The molecule has 3 nitrogen and oxygen atoms in total. The number of aromatic nitrogens is 1. The van der Waals surface area contributed by atoms with Crippen molar-refractivity contribution in [3.05, 3.63) is 89.2 Å². The van der Waals surface area contributed by atoms with Crippen molar-refractivity contribution in [1.29, 1.82) is 0 Å². The normalized spacial score (nSPS) is 13.6. The minimum Gasteiger partial charge on any atom is -0.478 e. The average molecular weight is 329 g/mol. The second-order valence-electron chi connectivity index (χ2n) is 6.62. The van der Waals surface area contributed by atoms with Gasteiger partial charge in [0, 0.05) is 18.0 Å². The SMILES string of the molecule is O=C(O)c1cc(C2CC2)ccc1Cc1cncc(-c2ccccc2)c1. The Morgan fingerprint density at radius 1 is 1.00 bits per heavy atom. The number of carboxylic acid groups (broad SMARTS) is 1. The molecule has 0 bridgehead atoms. The van der Waals surface area contributed by atoms with Gasteiger partial charge in [-0.25, -0.2) is 4.79 Å². The van der Waals surface area contributed by atoms with Gasteiger partial charge in [0.05, 0.1) is 5.56 Å². The van der Waals surface area contributed by atoms with Gasteiger partial charge in [0.15, 0.2) is 0 Å². The molecule has 0 aliphatic heterocycles. The van der Waals surface area contributed by atoms with E-state index in [9.17, 15) is 9.90 Å². The molecular formula is C22H19NO2. The predicted molar refractivity (Wildman–Crippen MR) is 97.9 cm³/mol. The summed E-state index contributed by atoms with van der Waals surface area (Å²) >= 11 is 0. The molecule has 0 amide bonds. The summed E-state index contributed by atoms with van der Waals surface area (Å²) in [5.74, 6) is -0.306. The van der Waals surface area contributed by atoms with Gasteiger partial charge in [-0.15, -0.1) is 0 Å². The molecule has 1 aromatic heterocycles. The fourth-order valence-electron chi connectivity index (χ4n) is 3.21. The molecule has 25 heavy (non-hydrogen) atoms. The number of hydrogen-bond acceptors (Lipinski definition) is 2. The highest BCUT2D eigenvalue weighted by atomic mass is 16.4. The number of nitrogens with zero attached hydrogens (tertiary/aromatic N) is 1. The maximum atomic E-state index is 11.7. The predicted octanol–water partition coefficient (Wildman–Crippen LogP) is 4.92. The maximum absolute atomic E-state index is 11.7. The van der Waals surface area contributed by atoms with Gasteiger partial charge in [-0.2, -0.15) is 0 Å². The number of carboxylic acids is 1. The lowest BCUT2D eigenvalue weighted by atomic mass is 9.96. The molecule has 0 radical (unpaired) electrons. The number of aromatic carboxylic acids is 1. The molecule has 4 rings (SSSR count). The highest BCUT2D eigenvalue weighted by Gasteiger charge is 2.25. The van der Waals surface area contributed by atoms with Crippen LogP contribution in [-0.2, 0) is 6.42 Å². The largest absolute Gasteiger partial charge is 0.478 e. The maximum Gasteiger partial charge on any atom is 0.335 e. The average Bonchev–Trinajstić information content (AvgIpc) is 3.48. The summed E-state index contributed by atoms with van der Waals surface area (Å²) in [4.78, 5) is 16.0. The summed E-state index contributed by atoms with van der Waals surface area (Å²) in [5, 5.41) is 9.59. The Hall–Kier alpha value is -2.94. The Morgan fingerprint density at radius 2 is 1.80 bits per heavy atom. The molecule has 124 valence electrons. The lowest BCUT2D eigenvalue weighted by Gasteiger charge is -2.10. The van der Waals surface area contributed by atoms with Crippen molar-refractivity contribution in [3.8, 4) is 11.1 Å². The molecule has 0 spiro atoms. The molecule has 1 aliphatic carbocycles. The topological polar surface area (TPSA) is 50.2 Å². The first kappa shape index (κ1) is 15.6. The first-order valence-corrected chi connectivity index (χ1v) is 8.56. The van der Waals surface area contributed by atoms with Gasteiger partial charge in [0.2, 0.25) is 0 Å². The van der Waals surface area contributed by atoms with E-state index >= 15 is 0 Å². The van der Waals surface area contributed by atoms with Crippen LogP contribution in [0.15, 0.2) is 67.0 Å². The number of rotatable bonds is 5. The third-order valence-corrected chi connectivity index (χ3v) is 4.71. The number of benzene rings is 2. The highest BCUT2D eigenvalue weighted by molar-refractivity contribution is 5.90. The minimum absolute atomic E-state index is 0.412. The fraction of sp³-hybridized carbons (Fsp3) is 0.182. The van der Waals surface area contributed by atoms with Gasteiger partial charge < -0.3 is 5.11 Å². The van der Waals surface area contributed by atoms with Crippen LogP contribution in [-0.4, -0.2) is 16.1 Å². The monoisotopic (exact) mass is 329 g/mol. The molecule has 0 saturated heterocycles. The molecule has 2 aromatic carbocycles. The van der Waals surface area contributed by atoms with Crippen LogP contribution in [0.3, 0.4) is 0 Å². The van der Waals surface area contributed by atoms with Crippen molar-refractivity contribution in [2.24, 2.45) is 0 Å². The summed E-state index contributed by atoms with van der Waals surface area (Å²) in [7, 11) is 0. The summed E-state index contributed by atoms with van der Waals surface area (Å²) in [6.45, 7) is 0. The van der Waals surface area contributed by atoms with Gasteiger partial charge in [0.25, 0.3) is 0 Å². The molecule has 0 atom stereocenters. The molecule has 1 N–H and O–H groups in total. The van der Waals surface area contributed by atoms with E-state index in [1.807, 2.05) is 54.9 Å². The van der Waals surface area contributed by atoms with E-state index in [0.717, 1.165) is 27.8 Å². The zero-order chi connectivity index (χ0) is 17.2. The molecule has 1 fully saturated rings. The van der Waals surface area contributed by atoms with E-state index in [1.54, 1.807) is 0 Å². The van der Waals surface area contributed by atoms with Gasteiger partial charge in [-0.05, 0) is 59.6 Å². The quantitative estimate of drug-likeness (QED) is 0.723. The lowest BCUT2D eigenvalue weighted by Crippen LogP contribution is -2.04. The second kappa shape index (κ2) is 6.52. The van der Waals surface area contributed by atoms with E-state index < -0.39 is 5.97 Å². The van der Waals surface area contributed by atoms with Crippen LogP contribution in [0.25, 0.3) is 11.1 Å². The zero-order valence-electron chi connectivity index (χ0n) is 13.9. The van der Waals surface area contributed by atoms with Gasteiger partial charge in [-0.1, -0.05) is 42.5 Å². The minimum atomic E-state index is -0.857. The number of carbonyl (C=O) groups is 1. The first-order valence-electron chi connectivity index (χ1n) is 8.56. The van der Waals surface area contributed by atoms with E-state index in [-0.39, 0.29) is 0 Å². The van der Waals surface area contributed by atoms with Crippen molar-refractivity contribution >= 4 is 5.97 Å². The van der Waals surface area contributed by atoms with Crippen molar-refractivity contribution < 1.29 is 9.90 Å². The van der Waals surface area contributed by atoms with Crippen LogP contribution in [0, 0.1) is 0 Å². The zero-order valence-corrected chi connectivity index (χ0v) is 13.9. The van der Waals surface area contributed by atoms with Crippen LogP contribution in [0.4, 0.5) is 0 Å². The smallest absolute Gasteiger partial charge is 0.335 e. The van der Waals surface area contributed by atoms with Crippen LogP contribution < -0.4 is 0 Å². The van der Waals surface area contributed by atoms with Gasteiger partial charge in [0.1, 0.15) is 0 Å². The number of pyridine rings is 1. The number of hydrogen-bond donors (Lipinski definition) is 1. The molecule has 3 heteroatoms. The van der Waals surface area contributed by atoms with Crippen molar-refractivity contribution in [2.75, 3.05) is 0 Å². The van der Waals surface area contributed by atoms with Crippen molar-refractivity contribution in [3.63, 3.8) is 0 Å². The Morgan fingerprint density at radius 3 is 2.52 bits per heavy atom. The van der Waals surface area contributed by atoms with Crippen LogP contribution in [0.2, 0.25) is 0 Å². The Labute approximate surface area is 147 Å². The van der Waals surface area contributed by atoms with Crippen LogP contribution in [0.5, 0.6) is 0 Å².